The second-order valence-electron chi connectivity index (χ2n) is 12.8. The van der Waals surface area contributed by atoms with Crippen LogP contribution in [-0.4, -0.2) is 85.4 Å². The molecular formula is C31H42F6N6O5S. The number of nitrogens with one attached hydrogen (secondary N) is 2. The summed E-state index contributed by atoms with van der Waals surface area (Å²) in [6, 6.07) is 0.693. The average Bonchev–Trinajstić information content (AvgIpc) is 3.50. The lowest BCUT2D eigenvalue weighted by atomic mass is 9.86. The minimum Gasteiger partial charge on any atom is -0.356 e. The SMILES string of the molecule is CC1C=C(CCNC(=O)[C@@H]2CCCN2c2cc(N3CCC(CCCC(=O)NCCS(=O)(=O)O)CC3)nc(C(F)(F)F)n2)C=CC1C(F)(F)F. The third kappa shape index (κ3) is 11.3. The number of carbonyl (C=O) groups excluding carboxylic acids is 2. The zero-order valence-corrected chi connectivity index (χ0v) is 27.9. The van der Waals surface area contributed by atoms with Gasteiger partial charge in [-0.2, -0.15) is 34.8 Å². The predicted molar refractivity (Wildman–Crippen MR) is 169 cm³/mol. The molecule has 2 aliphatic heterocycles. The summed E-state index contributed by atoms with van der Waals surface area (Å²) in [5.41, 5.74) is 0.662. The second kappa shape index (κ2) is 16.1. The van der Waals surface area contributed by atoms with Crippen LogP contribution in [0, 0.1) is 17.8 Å². The highest BCUT2D eigenvalue weighted by atomic mass is 32.2. The monoisotopic (exact) mass is 724 g/mol. The van der Waals surface area contributed by atoms with Crippen LogP contribution in [0.15, 0.2) is 29.9 Å². The van der Waals surface area contributed by atoms with Gasteiger partial charge in [-0.25, -0.2) is 9.97 Å². The summed E-state index contributed by atoms with van der Waals surface area (Å²) in [5, 5.41) is 5.22. The maximum absolute atomic E-state index is 13.9. The highest BCUT2D eigenvalue weighted by molar-refractivity contribution is 7.85. The highest BCUT2D eigenvalue weighted by Gasteiger charge is 2.42. The fourth-order valence-corrected chi connectivity index (χ4v) is 6.86. The van der Waals surface area contributed by atoms with Crippen LogP contribution in [-0.2, 0) is 25.9 Å². The molecule has 2 amide bonds. The maximum Gasteiger partial charge on any atom is 0.451 e. The molecule has 4 rings (SSSR count). The smallest absolute Gasteiger partial charge is 0.356 e. The molecule has 274 valence electrons. The molecule has 3 aliphatic rings. The van der Waals surface area contributed by atoms with Crippen molar-refractivity contribution in [3.05, 3.63) is 35.7 Å². The number of anilines is 2. The zero-order chi connectivity index (χ0) is 36.0. The van der Waals surface area contributed by atoms with E-state index in [4.69, 9.17) is 4.55 Å². The van der Waals surface area contributed by atoms with Gasteiger partial charge in [0.2, 0.25) is 17.6 Å². The van der Waals surface area contributed by atoms with Gasteiger partial charge in [0.1, 0.15) is 17.7 Å². The first-order valence-electron chi connectivity index (χ1n) is 16.3. The molecule has 49 heavy (non-hydrogen) atoms. The number of carbonyl (C=O) groups is 2. The van der Waals surface area contributed by atoms with Gasteiger partial charge in [-0.1, -0.05) is 30.7 Å². The Hall–Kier alpha value is -3.41. The van der Waals surface area contributed by atoms with Gasteiger partial charge < -0.3 is 20.4 Å². The molecular weight excluding hydrogens is 682 g/mol. The number of allylic oxidation sites excluding steroid dienone is 3. The van der Waals surface area contributed by atoms with Crippen LogP contribution in [0.4, 0.5) is 38.0 Å². The molecule has 0 bridgehead atoms. The molecule has 1 aromatic heterocycles. The van der Waals surface area contributed by atoms with E-state index in [9.17, 15) is 44.3 Å². The Kier molecular flexibility index (Phi) is 12.6. The van der Waals surface area contributed by atoms with E-state index >= 15 is 0 Å². The Morgan fingerprint density at radius 1 is 1.00 bits per heavy atom. The summed E-state index contributed by atoms with van der Waals surface area (Å²) in [7, 11) is -4.16. The van der Waals surface area contributed by atoms with Crippen LogP contribution in [0.25, 0.3) is 0 Å². The lowest BCUT2D eigenvalue weighted by molar-refractivity contribution is -0.169. The number of alkyl halides is 6. The van der Waals surface area contributed by atoms with Gasteiger partial charge >= 0.3 is 12.4 Å². The average molecular weight is 725 g/mol. The van der Waals surface area contributed by atoms with Crippen LogP contribution in [0.1, 0.15) is 64.1 Å². The minimum atomic E-state index is -4.83. The number of aromatic nitrogens is 2. The molecule has 11 nitrogen and oxygen atoms in total. The van der Waals surface area contributed by atoms with Crippen molar-refractivity contribution in [3.8, 4) is 0 Å². The second-order valence-corrected chi connectivity index (χ2v) is 14.4. The standard InChI is InChI=1S/C31H42F6N6O5S/c1-20-18-22(7-8-23(20)30(32,33)34)9-12-39-28(45)24-5-3-14-43(24)26-19-25(40-29(41-26)31(35,36)37)42-15-10-21(11-16-42)4-2-6-27(44)38-13-17-49(46,47)48/h7-8,18-21,23-24H,2-6,9-17H2,1H3,(H,38,44)(H,39,45)(H,46,47,48)/t20?,23?,24-/m0/s1. The van der Waals surface area contributed by atoms with E-state index in [1.54, 1.807) is 9.80 Å². The van der Waals surface area contributed by atoms with Gasteiger partial charge in [0, 0.05) is 45.2 Å². The van der Waals surface area contributed by atoms with Gasteiger partial charge in [-0.3, -0.25) is 14.1 Å². The van der Waals surface area contributed by atoms with Crippen LogP contribution in [0.2, 0.25) is 0 Å². The molecule has 0 radical (unpaired) electrons. The van der Waals surface area contributed by atoms with Gasteiger partial charge in [0.15, 0.2) is 0 Å². The van der Waals surface area contributed by atoms with Crippen molar-refractivity contribution in [3.63, 3.8) is 0 Å². The number of nitrogens with zero attached hydrogens (tertiary/aromatic N) is 4. The van der Waals surface area contributed by atoms with Crippen molar-refractivity contribution >= 4 is 33.6 Å². The highest BCUT2D eigenvalue weighted by Crippen LogP contribution is 2.37. The molecule has 2 fully saturated rings. The largest absolute Gasteiger partial charge is 0.451 e. The van der Waals surface area contributed by atoms with E-state index in [1.807, 2.05) is 0 Å². The van der Waals surface area contributed by atoms with Crippen LogP contribution >= 0.6 is 0 Å². The normalized spacial score (nSPS) is 22.3. The lowest BCUT2D eigenvalue weighted by Gasteiger charge is -2.34. The van der Waals surface area contributed by atoms with Crippen molar-refractivity contribution in [2.75, 3.05) is 48.3 Å². The fraction of sp³-hybridized carbons (Fsp3) is 0.677. The van der Waals surface area contributed by atoms with Gasteiger partial charge in [0.25, 0.3) is 10.1 Å². The number of halogens is 6. The molecule has 3 atom stereocenters. The van der Waals surface area contributed by atoms with Crippen LogP contribution in [0.5, 0.6) is 0 Å². The van der Waals surface area contributed by atoms with E-state index in [1.165, 1.54) is 25.1 Å². The van der Waals surface area contributed by atoms with Crippen molar-refractivity contribution in [1.82, 2.24) is 20.6 Å². The number of hydrogen-bond acceptors (Lipinski definition) is 8. The molecule has 0 saturated carbocycles. The van der Waals surface area contributed by atoms with E-state index in [0.29, 0.717) is 70.2 Å². The predicted octanol–water partition coefficient (Wildman–Crippen LogP) is 4.67. The Balaban J connectivity index is 1.32. The summed E-state index contributed by atoms with van der Waals surface area (Å²) in [5.74, 6) is -4.61. The Bertz CT molecular complexity index is 1490. The van der Waals surface area contributed by atoms with Gasteiger partial charge in [-0.15, -0.1) is 0 Å². The first kappa shape index (κ1) is 38.4. The third-order valence-corrected chi connectivity index (χ3v) is 9.81. The molecule has 2 saturated heterocycles. The molecule has 0 spiro atoms. The van der Waals surface area contributed by atoms with E-state index in [0.717, 1.165) is 6.08 Å². The minimum absolute atomic E-state index is 0.0120. The molecule has 1 aliphatic carbocycles. The number of rotatable bonds is 13. The topological polar surface area (TPSA) is 145 Å². The van der Waals surface area contributed by atoms with Crippen molar-refractivity contribution in [2.45, 2.75) is 76.7 Å². The number of hydrogen-bond donors (Lipinski definition) is 3. The lowest BCUT2D eigenvalue weighted by Crippen LogP contribution is -2.44. The molecule has 0 aromatic carbocycles. The van der Waals surface area contributed by atoms with E-state index in [2.05, 4.69) is 20.6 Å². The molecule has 2 unspecified atom stereocenters. The quantitative estimate of drug-likeness (QED) is 0.195. The van der Waals surface area contributed by atoms with Gasteiger partial charge in [0.05, 0.1) is 11.7 Å². The first-order valence-corrected chi connectivity index (χ1v) is 17.9. The molecule has 3 N–H and O–H groups in total. The summed E-state index contributed by atoms with van der Waals surface area (Å²) in [4.78, 5) is 36.0. The number of piperidine rings is 1. The summed E-state index contributed by atoms with van der Waals surface area (Å²) < 4.78 is 111. The van der Waals surface area contributed by atoms with Crippen LogP contribution in [0.3, 0.4) is 0 Å². The fourth-order valence-electron chi connectivity index (χ4n) is 6.50. The van der Waals surface area contributed by atoms with Gasteiger partial charge in [-0.05, 0) is 56.8 Å². The van der Waals surface area contributed by atoms with E-state index < -0.39 is 57.8 Å². The number of amides is 2. The van der Waals surface area contributed by atoms with Crippen molar-refractivity contribution in [2.24, 2.45) is 17.8 Å². The summed E-state index contributed by atoms with van der Waals surface area (Å²) in [6.45, 7) is 2.61. The Morgan fingerprint density at radius 3 is 2.33 bits per heavy atom. The third-order valence-electron chi connectivity index (χ3n) is 9.09. The Morgan fingerprint density at radius 2 is 1.69 bits per heavy atom. The van der Waals surface area contributed by atoms with E-state index in [-0.39, 0.29) is 43.0 Å². The maximum atomic E-state index is 13.9. The van der Waals surface area contributed by atoms with Crippen LogP contribution < -0.4 is 20.4 Å². The van der Waals surface area contributed by atoms with Crippen molar-refractivity contribution < 1.29 is 48.9 Å². The zero-order valence-electron chi connectivity index (χ0n) is 27.1. The molecule has 3 heterocycles. The Labute approximate surface area is 281 Å². The summed E-state index contributed by atoms with van der Waals surface area (Å²) in [6.07, 6.45) is -1.12. The molecule has 1 aromatic rings. The molecule has 18 heteroatoms. The first-order chi connectivity index (χ1) is 22.9. The van der Waals surface area contributed by atoms with Crippen molar-refractivity contribution in [1.29, 1.82) is 0 Å². The summed E-state index contributed by atoms with van der Waals surface area (Å²) >= 11 is 0.